The molecule has 0 bridgehead atoms. The van der Waals surface area contributed by atoms with E-state index in [1.165, 1.54) is 50.4 Å². The summed E-state index contributed by atoms with van der Waals surface area (Å²) in [6.07, 6.45) is 4.45. The highest BCUT2D eigenvalue weighted by atomic mass is 31.1. The SMILES string of the molecule is COc1cc(OC)c(F)c(-c2cc3cnc(N[C@@H]4COCC[C@@H]4N)nc3c(N3CC(OC)C3)n2)c1F.COc1cc(OC)c(F)c(-c2cc3cnc(N[C@@H]4COCC[C@@H]4N=[N+]=[N-])nc3c(N3CC(OC)C3)n2)c1F.c1ccc(P(c2ccccc2)c2ccccc2)cc1. The summed E-state index contributed by atoms with van der Waals surface area (Å²) in [6.45, 7) is 4.05. The van der Waals surface area contributed by atoms with Gasteiger partial charge in [0.2, 0.25) is 11.9 Å². The Morgan fingerprint density at radius 2 is 0.935 bits per heavy atom. The first kappa shape index (κ1) is 65.2. The molecule has 4 saturated heterocycles. The number of rotatable bonds is 18. The van der Waals surface area contributed by atoms with Crippen LogP contribution in [0.4, 0.5) is 41.1 Å². The fourth-order valence-electron chi connectivity index (χ4n) is 11.1. The van der Waals surface area contributed by atoms with Crippen LogP contribution in [-0.2, 0) is 18.9 Å². The van der Waals surface area contributed by atoms with Gasteiger partial charge in [-0.25, -0.2) is 47.5 Å². The number of nitrogens with two attached hydrogens (primary N) is 1. The molecule has 4 aromatic heterocycles. The van der Waals surface area contributed by atoms with Crippen LogP contribution in [0.1, 0.15) is 12.8 Å². The van der Waals surface area contributed by atoms with Gasteiger partial charge in [0.1, 0.15) is 11.0 Å². The summed E-state index contributed by atoms with van der Waals surface area (Å²) >= 11 is 0. The first-order chi connectivity index (χ1) is 45.3. The van der Waals surface area contributed by atoms with E-state index in [0.717, 1.165) is 18.6 Å². The smallest absolute Gasteiger partial charge is 0.223 e. The molecule has 0 radical (unpaired) electrons. The van der Waals surface area contributed by atoms with E-state index in [4.69, 9.17) is 49.2 Å². The van der Waals surface area contributed by atoms with Gasteiger partial charge in [0, 0.05) is 99.9 Å². The van der Waals surface area contributed by atoms with Gasteiger partial charge in [0.05, 0.1) is 94.5 Å². The minimum atomic E-state index is -0.900. The lowest BCUT2D eigenvalue weighted by molar-refractivity contribution is 0.0765. The molecule has 13 rings (SSSR count). The van der Waals surface area contributed by atoms with E-state index >= 15 is 17.6 Å². The monoisotopic (exact) mass is 1290 g/mol. The van der Waals surface area contributed by atoms with Gasteiger partial charge in [-0.2, -0.15) is 0 Å². The van der Waals surface area contributed by atoms with Gasteiger partial charge in [-0.05, 0) is 54.3 Å². The summed E-state index contributed by atoms with van der Waals surface area (Å²) in [5.41, 5.74) is 15.5. The highest BCUT2D eigenvalue weighted by molar-refractivity contribution is 7.79. The number of hydrogen-bond donors (Lipinski definition) is 3. The molecule has 4 aliphatic heterocycles. The highest BCUT2D eigenvalue weighted by Crippen LogP contribution is 2.42. The molecule has 0 unspecified atom stereocenters. The molecule has 0 saturated carbocycles. The Balaban J connectivity index is 0.000000150. The quantitative estimate of drug-likeness (QED) is 0.0237. The predicted molar refractivity (Wildman–Crippen MR) is 349 cm³/mol. The lowest BCUT2D eigenvalue weighted by atomic mass is 10.0. The molecule has 22 nitrogen and oxygen atoms in total. The van der Waals surface area contributed by atoms with Gasteiger partial charge in [0.15, 0.2) is 57.9 Å². The van der Waals surface area contributed by atoms with Crippen molar-refractivity contribution >= 4 is 69.2 Å². The van der Waals surface area contributed by atoms with Crippen LogP contribution in [0.25, 0.3) is 54.8 Å². The fraction of sp³-hybridized carbons (Fsp3) is 0.333. The maximum atomic E-state index is 15.3. The molecule has 4 aliphatic rings. The zero-order chi connectivity index (χ0) is 65.1. The average molecular weight is 1290 g/mol. The Kier molecular flexibility index (Phi) is 21.0. The first-order valence-corrected chi connectivity index (χ1v) is 31.2. The molecule has 9 aromatic rings. The van der Waals surface area contributed by atoms with Gasteiger partial charge >= 0.3 is 0 Å². The predicted octanol–water partition coefficient (Wildman–Crippen LogP) is 9.50. The van der Waals surface area contributed by atoms with Crippen molar-refractivity contribution in [1.82, 2.24) is 29.9 Å². The fourth-order valence-corrected chi connectivity index (χ4v) is 13.4. The first-order valence-electron chi connectivity index (χ1n) is 29.9. The van der Waals surface area contributed by atoms with E-state index in [9.17, 15) is 0 Å². The summed E-state index contributed by atoms with van der Waals surface area (Å²) < 4.78 is 103. The molecule has 0 aliphatic carbocycles. The summed E-state index contributed by atoms with van der Waals surface area (Å²) in [7, 11) is 7.99. The lowest BCUT2D eigenvalue weighted by Crippen LogP contribution is -2.52. The van der Waals surface area contributed by atoms with Gasteiger partial charge in [-0.3, -0.25) is 0 Å². The third-order valence-electron chi connectivity index (χ3n) is 16.3. The van der Waals surface area contributed by atoms with Crippen molar-refractivity contribution in [2.24, 2.45) is 10.8 Å². The van der Waals surface area contributed by atoms with Crippen LogP contribution < -0.4 is 61.0 Å². The van der Waals surface area contributed by atoms with E-state index in [1.54, 1.807) is 32.7 Å². The van der Waals surface area contributed by atoms with Gasteiger partial charge in [-0.1, -0.05) is 96.1 Å². The molecule has 93 heavy (non-hydrogen) atoms. The van der Waals surface area contributed by atoms with Crippen molar-refractivity contribution < 1.29 is 55.5 Å². The van der Waals surface area contributed by atoms with Crippen molar-refractivity contribution in [1.29, 1.82) is 0 Å². The topological polar surface area (TPSA) is 257 Å². The number of anilines is 4. The molecule has 0 amide bonds. The number of ether oxygens (including phenoxy) is 8. The molecule has 5 aromatic carbocycles. The molecule has 27 heteroatoms. The Morgan fingerprint density at radius 3 is 1.31 bits per heavy atom. The standard InChI is InChI=1S/C24H26F2N8O4.C24H28F2N6O4.C18H15P/c1-35-13-9-34(10-13)23-22-12(8-28-24(31-22)30-16-11-38-5-4-14(16)32-33-27)6-15(29-23)19-20(25)17(36-2)7-18(37-3)21(19)26;1-33-13-9-32(10-13)23-22-12(8-28-24(31-22)30-16-11-36-5-4-14(16)27)6-15(29-23)19-20(25)17(34-2)7-18(35-3)21(19)26;1-4-10-16(11-5-1)19(17-12-6-2-7-13-17)18-14-8-3-9-15-18/h6-8,13-14,16H,4-5,9-11H2,1-3H3,(H,28,30,31);6-8,13-14,16H,4-5,9-11,27H2,1-3H3,(H,28,30,31);1-15H/t2*14-,16+;/m00./s1. The van der Waals surface area contributed by atoms with E-state index < -0.39 is 31.2 Å². The van der Waals surface area contributed by atoms with Crippen molar-refractivity contribution in [3.63, 3.8) is 0 Å². The summed E-state index contributed by atoms with van der Waals surface area (Å²) in [5, 5.41) is 15.6. The number of azide groups is 1. The van der Waals surface area contributed by atoms with Crippen molar-refractivity contribution in [3.05, 3.63) is 161 Å². The van der Waals surface area contributed by atoms with Gasteiger partial charge in [-0.15, -0.1) is 0 Å². The van der Waals surface area contributed by atoms with Crippen LogP contribution in [0.3, 0.4) is 0 Å². The van der Waals surface area contributed by atoms with Crippen molar-refractivity contribution in [3.8, 4) is 45.5 Å². The van der Waals surface area contributed by atoms with Gasteiger partial charge < -0.3 is 64.1 Å². The van der Waals surface area contributed by atoms with Crippen LogP contribution in [0.5, 0.6) is 23.0 Å². The molecular weight excluding hydrogens is 1220 g/mol. The van der Waals surface area contributed by atoms with Crippen molar-refractivity contribution in [2.45, 2.75) is 49.2 Å². The lowest BCUT2D eigenvalue weighted by Gasteiger charge is -2.39. The van der Waals surface area contributed by atoms with E-state index in [1.807, 2.05) is 9.80 Å². The second kappa shape index (κ2) is 30.0. The average Bonchev–Trinajstić information content (AvgIpc) is 0.788. The number of fused-ring (bicyclic) bond motifs is 2. The Hall–Kier alpha value is -9.26. The van der Waals surface area contributed by atoms with Crippen LogP contribution in [-0.4, -0.2) is 162 Å². The van der Waals surface area contributed by atoms with E-state index in [2.05, 4.69) is 142 Å². The molecule has 8 heterocycles. The summed E-state index contributed by atoms with van der Waals surface area (Å²) in [4.78, 5) is 34.2. The normalized spacial score (nSPS) is 18.0. The van der Waals surface area contributed by atoms with Crippen molar-refractivity contribution in [2.75, 3.05) is 116 Å². The maximum Gasteiger partial charge on any atom is 0.223 e. The number of pyridine rings is 2. The Labute approximate surface area is 535 Å². The van der Waals surface area contributed by atoms with Crippen LogP contribution >= 0.6 is 7.92 Å². The van der Waals surface area contributed by atoms with Crippen LogP contribution in [0.2, 0.25) is 0 Å². The third kappa shape index (κ3) is 14.4. The zero-order valence-electron chi connectivity index (χ0n) is 51.9. The molecule has 4 fully saturated rings. The molecule has 4 atom stereocenters. The Morgan fingerprint density at radius 1 is 0.548 bits per heavy atom. The molecule has 484 valence electrons. The Bertz CT molecular complexity index is 3960. The molecule has 0 spiro atoms. The van der Waals surface area contributed by atoms with Gasteiger partial charge in [0.25, 0.3) is 0 Å². The second-order valence-electron chi connectivity index (χ2n) is 22.0. The van der Waals surface area contributed by atoms with E-state index in [-0.39, 0.29) is 87.8 Å². The zero-order valence-corrected chi connectivity index (χ0v) is 52.8. The minimum Gasteiger partial charge on any atom is -0.494 e. The number of halogens is 4. The number of nitrogens with zero attached hydrogens (tertiary/aromatic N) is 11. The third-order valence-corrected chi connectivity index (χ3v) is 18.8. The largest absolute Gasteiger partial charge is 0.494 e. The summed E-state index contributed by atoms with van der Waals surface area (Å²) in [5.74, 6) is -2.68. The number of aromatic nitrogens is 6. The number of nitrogens with one attached hydrogen (secondary N) is 2. The number of benzene rings is 5. The second-order valence-corrected chi connectivity index (χ2v) is 24.2. The highest BCUT2D eigenvalue weighted by Gasteiger charge is 2.35. The minimum absolute atomic E-state index is 0.00989. The molecular formula is C66H69F4N14O8P. The van der Waals surface area contributed by atoms with Crippen LogP contribution in [0.15, 0.2) is 133 Å². The van der Waals surface area contributed by atoms with Crippen LogP contribution in [0, 0.1) is 23.3 Å². The number of hydrogen-bond acceptors (Lipinski definition) is 20. The number of methoxy groups -OCH3 is 6. The molecule has 4 N–H and O–H groups in total. The summed E-state index contributed by atoms with van der Waals surface area (Å²) in [6, 6.07) is 36.8. The maximum absolute atomic E-state index is 15.3. The van der Waals surface area contributed by atoms with E-state index in [0.29, 0.717) is 98.4 Å².